The predicted octanol–water partition coefficient (Wildman–Crippen LogP) is 2.61. The number of benzene rings is 2. The first kappa shape index (κ1) is 17.9. The second kappa shape index (κ2) is 8.43. The Labute approximate surface area is 153 Å². The predicted molar refractivity (Wildman–Crippen MR) is 99.7 cm³/mol. The van der Waals surface area contributed by atoms with Crippen molar-refractivity contribution in [3.63, 3.8) is 0 Å². The van der Waals surface area contributed by atoms with Gasteiger partial charge in [-0.2, -0.15) is 0 Å². The van der Waals surface area contributed by atoms with Crippen LogP contribution in [0.5, 0.6) is 11.5 Å². The second-order valence-corrected chi connectivity index (χ2v) is 6.66. The van der Waals surface area contributed by atoms with E-state index in [-0.39, 0.29) is 12.4 Å². The Bertz CT molecular complexity index is 655. The highest BCUT2D eigenvalue weighted by Gasteiger charge is 2.19. The van der Waals surface area contributed by atoms with Gasteiger partial charge in [0.05, 0.1) is 0 Å². The van der Waals surface area contributed by atoms with Crippen molar-refractivity contribution < 1.29 is 14.9 Å². The summed E-state index contributed by atoms with van der Waals surface area (Å²) >= 11 is 5.93. The molecule has 1 aliphatic rings. The minimum Gasteiger partial charge on any atom is -0.508 e. The number of aromatic hydroxyl groups is 1. The summed E-state index contributed by atoms with van der Waals surface area (Å²) in [5.41, 5.74) is 1.18. The molecule has 3 rings (SSSR count). The van der Waals surface area contributed by atoms with Crippen LogP contribution in [0.3, 0.4) is 0 Å². The van der Waals surface area contributed by atoms with E-state index in [4.69, 9.17) is 16.3 Å². The molecule has 1 atom stereocenters. The molecule has 2 N–H and O–H groups in total. The number of ether oxygens (including phenoxy) is 1. The van der Waals surface area contributed by atoms with Gasteiger partial charge in [0.25, 0.3) is 0 Å². The Balaban J connectivity index is 1.40. The summed E-state index contributed by atoms with van der Waals surface area (Å²) in [6.07, 6.45) is -0.545. The van der Waals surface area contributed by atoms with Crippen molar-refractivity contribution in [2.45, 2.75) is 6.10 Å². The number of hydrogen-bond acceptors (Lipinski definition) is 5. The fraction of sp³-hybridized carbons (Fsp3) is 0.368. The Morgan fingerprint density at radius 2 is 1.60 bits per heavy atom. The molecule has 6 heteroatoms. The maximum Gasteiger partial charge on any atom is 0.119 e. The maximum absolute atomic E-state index is 10.2. The lowest BCUT2D eigenvalue weighted by atomic mass is 10.2. The number of phenols is 1. The van der Waals surface area contributed by atoms with Crippen LogP contribution in [0.25, 0.3) is 0 Å². The first-order valence-electron chi connectivity index (χ1n) is 8.43. The molecule has 0 unspecified atom stereocenters. The highest BCUT2D eigenvalue weighted by atomic mass is 35.5. The third-order valence-electron chi connectivity index (χ3n) is 4.31. The van der Waals surface area contributed by atoms with Crippen LogP contribution >= 0.6 is 11.6 Å². The number of nitrogens with zero attached hydrogens (tertiary/aromatic N) is 2. The molecule has 0 saturated carbocycles. The van der Waals surface area contributed by atoms with Crippen molar-refractivity contribution in [1.29, 1.82) is 0 Å². The van der Waals surface area contributed by atoms with E-state index in [1.165, 1.54) is 5.69 Å². The van der Waals surface area contributed by atoms with E-state index < -0.39 is 6.10 Å². The molecule has 0 amide bonds. The molecule has 0 spiro atoms. The number of halogens is 1. The van der Waals surface area contributed by atoms with Crippen LogP contribution in [0, 0.1) is 0 Å². The molecule has 1 aliphatic heterocycles. The molecule has 2 aromatic rings. The normalized spacial score (nSPS) is 16.6. The zero-order chi connectivity index (χ0) is 17.6. The molecule has 0 bridgehead atoms. The van der Waals surface area contributed by atoms with Gasteiger partial charge in [-0.1, -0.05) is 11.6 Å². The third kappa shape index (κ3) is 5.26. The lowest BCUT2D eigenvalue weighted by Crippen LogP contribution is -2.49. The number of β-amino-alcohol motifs (C(OH)–C–C–N with tert-alkyl or cyclic N) is 1. The fourth-order valence-electron chi connectivity index (χ4n) is 2.93. The van der Waals surface area contributed by atoms with E-state index in [9.17, 15) is 10.2 Å². The SMILES string of the molecule is Oc1ccc(OC[C@H](O)CN2CCN(c3ccc(Cl)cc3)CC2)cc1. The molecular weight excluding hydrogens is 340 g/mol. The van der Waals surface area contributed by atoms with Crippen LogP contribution in [0.4, 0.5) is 5.69 Å². The van der Waals surface area contributed by atoms with Gasteiger partial charge < -0.3 is 19.8 Å². The summed E-state index contributed by atoms with van der Waals surface area (Å²) in [6.45, 7) is 4.48. The molecule has 2 aromatic carbocycles. The van der Waals surface area contributed by atoms with Gasteiger partial charge in [-0.05, 0) is 48.5 Å². The number of hydrogen-bond donors (Lipinski definition) is 2. The van der Waals surface area contributed by atoms with Crippen LogP contribution in [0.15, 0.2) is 48.5 Å². The van der Waals surface area contributed by atoms with Crippen molar-refractivity contribution in [3.05, 3.63) is 53.6 Å². The lowest BCUT2D eigenvalue weighted by Gasteiger charge is -2.36. The second-order valence-electron chi connectivity index (χ2n) is 6.22. The van der Waals surface area contributed by atoms with E-state index in [1.54, 1.807) is 24.3 Å². The quantitative estimate of drug-likeness (QED) is 0.827. The fourth-order valence-corrected chi connectivity index (χ4v) is 3.05. The summed E-state index contributed by atoms with van der Waals surface area (Å²) in [4.78, 5) is 4.57. The van der Waals surface area contributed by atoms with Gasteiger partial charge in [0.15, 0.2) is 0 Å². The van der Waals surface area contributed by atoms with Crippen molar-refractivity contribution in [2.75, 3.05) is 44.2 Å². The van der Waals surface area contributed by atoms with Crippen LogP contribution in [0.1, 0.15) is 0 Å². The van der Waals surface area contributed by atoms with Gasteiger partial charge in [-0.25, -0.2) is 0 Å². The van der Waals surface area contributed by atoms with Gasteiger partial charge >= 0.3 is 0 Å². The first-order valence-corrected chi connectivity index (χ1v) is 8.81. The van der Waals surface area contributed by atoms with Gasteiger partial charge in [0, 0.05) is 43.4 Å². The minimum absolute atomic E-state index is 0.200. The standard InChI is InChI=1S/C19H23ClN2O3/c20-15-1-3-16(4-2-15)22-11-9-21(10-12-22)13-18(24)14-25-19-7-5-17(23)6-8-19/h1-8,18,23-24H,9-14H2/t18-/m1/s1. The monoisotopic (exact) mass is 362 g/mol. The van der Waals surface area contributed by atoms with Crippen molar-refractivity contribution in [3.8, 4) is 11.5 Å². The molecule has 1 fully saturated rings. The van der Waals surface area contributed by atoms with E-state index in [0.717, 1.165) is 31.2 Å². The Morgan fingerprint density at radius 3 is 2.24 bits per heavy atom. The molecular formula is C19H23ClN2O3. The molecule has 0 aromatic heterocycles. The maximum atomic E-state index is 10.2. The number of piperazine rings is 1. The average molecular weight is 363 g/mol. The van der Waals surface area contributed by atoms with Crippen molar-refractivity contribution in [2.24, 2.45) is 0 Å². The summed E-state index contributed by atoms with van der Waals surface area (Å²) in [6, 6.07) is 14.4. The van der Waals surface area contributed by atoms with Crippen molar-refractivity contribution >= 4 is 17.3 Å². The number of anilines is 1. The van der Waals surface area contributed by atoms with Crippen molar-refractivity contribution in [1.82, 2.24) is 4.90 Å². The van der Waals surface area contributed by atoms with E-state index in [1.807, 2.05) is 24.3 Å². The van der Waals surface area contributed by atoms with E-state index in [0.29, 0.717) is 12.3 Å². The number of aliphatic hydroxyl groups excluding tert-OH is 1. The summed E-state index contributed by atoms with van der Waals surface area (Å²) < 4.78 is 5.56. The Morgan fingerprint density at radius 1 is 0.960 bits per heavy atom. The highest BCUT2D eigenvalue weighted by molar-refractivity contribution is 6.30. The van der Waals surface area contributed by atoms with Crippen LogP contribution in [-0.4, -0.2) is 60.5 Å². The average Bonchev–Trinajstić information content (AvgIpc) is 2.63. The molecule has 0 aliphatic carbocycles. The number of rotatable bonds is 6. The van der Waals surface area contributed by atoms with Crippen LogP contribution < -0.4 is 9.64 Å². The molecule has 1 heterocycles. The smallest absolute Gasteiger partial charge is 0.119 e. The van der Waals surface area contributed by atoms with Gasteiger partial charge in [0.1, 0.15) is 24.2 Å². The molecule has 1 saturated heterocycles. The van der Waals surface area contributed by atoms with Gasteiger partial charge in [-0.3, -0.25) is 4.90 Å². The summed E-state index contributed by atoms with van der Waals surface area (Å²) in [5.74, 6) is 0.843. The number of aliphatic hydroxyl groups is 1. The Hall–Kier alpha value is -1.95. The van der Waals surface area contributed by atoms with Gasteiger partial charge in [0.2, 0.25) is 0 Å². The highest BCUT2D eigenvalue weighted by Crippen LogP contribution is 2.20. The largest absolute Gasteiger partial charge is 0.508 e. The molecule has 0 radical (unpaired) electrons. The molecule has 134 valence electrons. The molecule has 25 heavy (non-hydrogen) atoms. The van der Waals surface area contributed by atoms with Gasteiger partial charge in [-0.15, -0.1) is 0 Å². The summed E-state index contributed by atoms with van der Waals surface area (Å²) in [5, 5.41) is 20.2. The zero-order valence-corrected chi connectivity index (χ0v) is 14.8. The minimum atomic E-state index is -0.545. The first-order chi connectivity index (χ1) is 12.1. The van der Waals surface area contributed by atoms with Crippen LogP contribution in [-0.2, 0) is 0 Å². The van der Waals surface area contributed by atoms with Crippen LogP contribution in [0.2, 0.25) is 5.02 Å². The topological polar surface area (TPSA) is 56.2 Å². The summed E-state index contributed by atoms with van der Waals surface area (Å²) in [7, 11) is 0. The molecule has 5 nitrogen and oxygen atoms in total. The van der Waals surface area contributed by atoms with E-state index in [2.05, 4.69) is 9.80 Å². The number of phenolic OH excluding ortho intramolecular Hbond substituents is 1. The third-order valence-corrected chi connectivity index (χ3v) is 4.56. The van der Waals surface area contributed by atoms with E-state index >= 15 is 0 Å². The Kier molecular flexibility index (Phi) is 6.02. The lowest BCUT2D eigenvalue weighted by molar-refractivity contribution is 0.0663. The zero-order valence-electron chi connectivity index (χ0n) is 14.0.